The number of imidazole rings is 1. The zero-order valence-corrected chi connectivity index (χ0v) is 14.5. The van der Waals surface area contributed by atoms with Gasteiger partial charge in [0.15, 0.2) is 0 Å². The Hall–Kier alpha value is -2.36. The average Bonchev–Trinajstić information content (AvgIpc) is 2.92. The summed E-state index contributed by atoms with van der Waals surface area (Å²) in [4.78, 5) is 7.01. The molecule has 0 atom stereocenters. The molecule has 2 aromatic carbocycles. The van der Waals surface area contributed by atoms with Gasteiger partial charge < -0.3 is 9.30 Å². The van der Waals surface area contributed by atoms with Gasteiger partial charge in [0.05, 0.1) is 16.4 Å². The molecule has 120 valence electrons. The molecule has 0 saturated heterocycles. The van der Waals surface area contributed by atoms with Crippen LogP contribution in [0.3, 0.4) is 0 Å². The van der Waals surface area contributed by atoms with Crippen LogP contribution in [0.15, 0.2) is 60.8 Å². The van der Waals surface area contributed by atoms with Crippen LogP contribution in [-0.2, 0) is 6.54 Å². The first-order chi connectivity index (χ1) is 11.6. The molecule has 0 spiro atoms. The molecule has 0 N–H and O–H groups in total. The van der Waals surface area contributed by atoms with Crippen LogP contribution < -0.4 is 0 Å². The molecule has 0 radical (unpaired) electrons. The number of nitrogens with zero attached hydrogens (tertiary/aromatic N) is 3. The zero-order chi connectivity index (χ0) is 16.7. The summed E-state index contributed by atoms with van der Waals surface area (Å²) in [5.74, 6) is 0. The van der Waals surface area contributed by atoms with Crippen LogP contribution >= 0.6 is 11.6 Å². The van der Waals surface area contributed by atoms with Crippen molar-refractivity contribution in [3.8, 4) is 11.3 Å². The van der Waals surface area contributed by atoms with Gasteiger partial charge in [-0.2, -0.15) is 0 Å². The minimum Gasteiger partial charge on any atom is -0.304 e. The Morgan fingerprint density at radius 1 is 1.00 bits per heavy atom. The van der Waals surface area contributed by atoms with Crippen molar-refractivity contribution in [2.75, 3.05) is 14.1 Å². The van der Waals surface area contributed by atoms with Crippen LogP contribution in [0.2, 0.25) is 5.02 Å². The topological polar surface area (TPSA) is 20.5 Å². The van der Waals surface area contributed by atoms with Crippen LogP contribution in [0.5, 0.6) is 0 Å². The summed E-state index contributed by atoms with van der Waals surface area (Å²) in [5, 5.41) is 3.17. The van der Waals surface area contributed by atoms with E-state index >= 15 is 0 Å². The highest BCUT2D eigenvalue weighted by Crippen LogP contribution is 2.29. The van der Waals surface area contributed by atoms with Gasteiger partial charge in [0.1, 0.15) is 5.65 Å². The maximum Gasteiger partial charge on any atom is 0.137 e. The van der Waals surface area contributed by atoms with Crippen LogP contribution in [0.4, 0.5) is 0 Å². The highest BCUT2D eigenvalue weighted by molar-refractivity contribution is 6.30. The third-order valence-corrected chi connectivity index (χ3v) is 4.39. The smallest absolute Gasteiger partial charge is 0.137 e. The van der Waals surface area contributed by atoms with Gasteiger partial charge in [-0.15, -0.1) is 0 Å². The zero-order valence-electron chi connectivity index (χ0n) is 13.7. The predicted octanol–water partition coefficient (Wildman–Crippen LogP) is 4.87. The summed E-state index contributed by atoms with van der Waals surface area (Å²) in [5.41, 5.74) is 4.20. The van der Waals surface area contributed by atoms with Gasteiger partial charge in [0, 0.05) is 18.3 Å². The van der Waals surface area contributed by atoms with E-state index in [2.05, 4.69) is 65.9 Å². The Kier molecular flexibility index (Phi) is 3.75. The molecular weight excluding hydrogens is 318 g/mol. The van der Waals surface area contributed by atoms with E-state index in [1.54, 1.807) is 0 Å². The van der Waals surface area contributed by atoms with E-state index in [-0.39, 0.29) is 0 Å². The lowest BCUT2D eigenvalue weighted by atomic mass is 10.0. The molecule has 4 heteroatoms. The molecule has 0 bridgehead atoms. The fourth-order valence-electron chi connectivity index (χ4n) is 3.09. The monoisotopic (exact) mass is 335 g/mol. The average molecular weight is 336 g/mol. The summed E-state index contributed by atoms with van der Waals surface area (Å²) in [6.45, 7) is 0.795. The van der Waals surface area contributed by atoms with E-state index in [9.17, 15) is 0 Å². The fourth-order valence-corrected chi connectivity index (χ4v) is 3.25. The lowest BCUT2D eigenvalue weighted by Gasteiger charge is -2.12. The van der Waals surface area contributed by atoms with E-state index in [1.165, 1.54) is 10.8 Å². The molecule has 2 heterocycles. The third kappa shape index (κ3) is 2.66. The maximum absolute atomic E-state index is 6.20. The van der Waals surface area contributed by atoms with E-state index in [1.807, 2.05) is 18.3 Å². The number of pyridine rings is 1. The normalized spacial score (nSPS) is 11.7. The molecule has 24 heavy (non-hydrogen) atoms. The number of halogens is 1. The molecule has 0 amide bonds. The molecule has 0 saturated carbocycles. The largest absolute Gasteiger partial charge is 0.304 e. The number of aromatic nitrogens is 2. The SMILES string of the molecule is CN(C)Cc1c(-c2ccc3ccccc3c2)nc2ccc(Cl)cn12. The molecule has 2 aromatic heterocycles. The summed E-state index contributed by atoms with van der Waals surface area (Å²) in [6.07, 6.45) is 1.94. The van der Waals surface area contributed by atoms with Crippen molar-refractivity contribution in [1.82, 2.24) is 14.3 Å². The second kappa shape index (κ2) is 5.93. The van der Waals surface area contributed by atoms with Crippen molar-refractivity contribution in [2.45, 2.75) is 6.54 Å². The Morgan fingerprint density at radius 2 is 1.79 bits per heavy atom. The van der Waals surface area contributed by atoms with Crippen molar-refractivity contribution in [1.29, 1.82) is 0 Å². The molecule has 4 aromatic rings. The summed E-state index contributed by atoms with van der Waals surface area (Å²) in [6, 6.07) is 18.7. The number of rotatable bonds is 3. The van der Waals surface area contributed by atoms with Gasteiger partial charge in [-0.1, -0.05) is 48.0 Å². The van der Waals surface area contributed by atoms with Crippen molar-refractivity contribution in [2.24, 2.45) is 0 Å². The van der Waals surface area contributed by atoms with E-state index in [0.29, 0.717) is 5.02 Å². The van der Waals surface area contributed by atoms with Gasteiger partial charge in [0.25, 0.3) is 0 Å². The first-order valence-corrected chi connectivity index (χ1v) is 8.30. The fraction of sp³-hybridized carbons (Fsp3) is 0.150. The van der Waals surface area contributed by atoms with Crippen molar-refractivity contribution < 1.29 is 0 Å². The molecule has 4 rings (SSSR count). The van der Waals surface area contributed by atoms with Crippen LogP contribution in [0.25, 0.3) is 27.7 Å². The molecular formula is C20H18ClN3. The lowest BCUT2D eigenvalue weighted by Crippen LogP contribution is -2.13. The number of benzene rings is 2. The second-order valence-corrected chi connectivity index (χ2v) is 6.72. The summed E-state index contributed by atoms with van der Waals surface area (Å²) in [7, 11) is 4.13. The van der Waals surface area contributed by atoms with E-state index < -0.39 is 0 Å². The van der Waals surface area contributed by atoms with Crippen LogP contribution in [0, 0.1) is 0 Å². The second-order valence-electron chi connectivity index (χ2n) is 6.28. The minimum atomic E-state index is 0.713. The van der Waals surface area contributed by atoms with E-state index in [0.717, 1.165) is 29.1 Å². The van der Waals surface area contributed by atoms with Gasteiger partial charge in [-0.05, 0) is 43.1 Å². The number of hydrogen-bond donors (Lipinski definition) is 0. The summed E-state index contributed by atoms with van der Waals surface area (Å²) < 4.78 is 2.09. The van der Waals surface area contributed by atoms with E-state index in [4.69, 9.17) is 16.6 Å². The van der Waals surface area contributed by atoms with Gasteiger partial charge in [0.2, 0.25) is 0 Å². The van der Waals surface area contributed by atoms with Gasteiger partial charge in [-0.3, -0.25) is 0 Å². The lowest BCUT2D eigenvalue weighted by molar-refractivity contribution is 0.396. The van der Waals surface area contributed by atoms with Gasteiger partial charge >= 0.3 is 0 Å². The van der Waals surface area contributed by atoms with Crippen LogP contribution in [0.1, 0.15) is 5.69 Å². The van der Waals surface area contributed by atoms with Crippen molar-refractivity contribution in [3.05, 3.63) is 71.5 Å². The van der Waals surface area contributed by atoms with Crippen molar-refractivity contribution >= 4 is 28.0 Å². The van der Waals surface area contributed by atoms with Crippen LogP contribution in [-0.4, -0.2) is 28.4 Å². The molecule has 0 fully saturated rings. The maximum atomic E-state index is 6.20. The predicted molar refractivity (Wildman–Crippen MR) is 101 cm³/mol. The minimum absolute atomic E-state index is 0.713. The highest BCUT2D eigenvalue weighted by Gasteiger charge is 2.15. The molecule has 0 aliphatic heterocycles. The quantitative estimate of drug-likeness (QED) is 0.532. The molecule has 0 unspecified atom stereocenters. The molecule has 3 nitrogen and oxygen atoms in total. The van der Waals surface area contributed by atoms with Gasteiger partial charge in [-0.25, -0.2) is 4.98 Å². The summed E-state index contributed by atoms with van der Waals surface area (Å²) >= 11 is 6.20. The number of hydrogen-bond acceptors (Lipinski definition) is 2. The van der Waals surface area contributed by atoms with Crippen molar-refractivity contribution in [3.63, 3.8) is 0 Å². The first-order valence-electron chi connectivity index (χ1n) is 7.92. The Morgan fingerprint density at radius 3 is 2.58 bits per heavy atom. The Balaban J connectivity index is 1.96. The number of fused-ring (bicyclic) bond motifs is 2. The Bertz CT molecular complexity index is 1030. The Labute approximate surface area is 146 Å². The highest BCUT2D eigenvalue weighted by atomic mass is 35.5. The first kappa shape index (κ1) is 15.2. The molecule has 0 aliphatic rings. The third-order valence-electron chi connectivity index (χ3n) is 4.17. The molecule has 0 aliphatic carbocycles. The standard InChI is InChI=1S/C20H18ClN3/c1-23(2)13-18-20(22-19-10-9-17(21)12-24(18)19)16-8-7-14-5-3-4-6-15(14)11-16/h3-12H,13H2,1-2H3.